The highest BCUT2D eigenvalue weighted by Gasteiger charge is 2.27. The molecule has 1 rings (SSSR count). The van der Waals surface area contributed by atoms with Crippen LogP contribution in [0.15, 0.2) is 30.3 Å². The first-order valence-corrected chi connectivity index (χ1v) is 11.5. The second-order valence-electron chi connectivity index (χ2n) is 7.42. The van der Waals surface area contributed by atoms with Gasteiger partial charge in [0.2, 0.25) is 22.8 Å². The number of nitrogens with one attached hydrogen (secondary N) is 3. The molecule has 0 fully saturated rings. The van der Waals surface area contributed by atoms with E-state index in [0.29, 0.717) is 5.75 Å². The summed E-state index contributed by atoms with van der Waals surface area (Å²) in [4.78, 5) is 49.3. The van der Waals surface area contributed by atoms with Gasteiger partial charge in [-0.05, 0) is 24.2 Å². The monoisotopic (exact) mass is 450 g/mol. The van der Waals surface area contributed by atoms with Crippen LogP contribution < -0.4 is 21.7 Å². The Hall–Kier alpha value is -2.39. The van der Waals surface area contributed by atoms with Crippen LogP contribution in [0.3, 0.4) is 0 Å². The van der Waals surface area contributed by atoms with Gasteiger partial charge in [-0.2, -0.15) is 0 Å². The first-order chi connectivity index (χ1) is 14.7. The summed E-state index contributed by atoms with van der Waals surface area (Å²) in [5, 5.41) is 7.72. The third-order valence-electron chi connectivity index (χ3n) is 4.94. The third kappa shape index (κ3) is 9.52. The minimum absolute atomic E-state index is 0.0228. The Morgan fingerprint density at radius 1 is 0.968 bits per heavy atom. The zero-order chi connectivity index (χ0) is 23.4. The van der Waals surface area contributed by atoms with Crippen molar-refractivity contribution in [1.29, 1.82) is 0 Å². The van der Waals surface area contributed by atoms with Gasteiger partial charge >= 0.3 is 0 Å². The van der Waals surface area contributed by atoms with Crippen molar-refractivity contribution < 1.29 is 19.2 Å². The van der Waals surface area contributed by atoms with Gasteiger partial charge in [0.15, 0.2) is 0 Å². The molecule has 0 spiro atoms. The zero-order valence-electron chi connectivity index (χ0n) is 18.6. The highest BCUT2D eigenvalue weighted by molar-refractivity contribution is 8.13. The molecule has 0 aliphatic rings. The standard InChI is InChI=1S/C22H34N4O4S/c1-5-14(3)19(23)22(30)25-15(4)20(28)26-17(12-16-10-8-7-9-11-16)21(29)24-13-18(27)31-6-2/h7-11,14-15,17,19H,5-6,12-13,23H2,1-4H3,(H,24,29)(H,25,30)(H,26,28)/t14-,15-,17-,19-/m0/s1. The van der Waals surface area contributed by atoms with E-state index < -0.39 is 35.8 Å². The third-order valence-corrected chi connectivity index (χ3v) is 5.69. The SMILES string of the molecule is CCSC(=O)CNC(=O)[C@H](Cc1ccccc1)NC(=O)[C@H](C)NC(=O)[C@@H](N)[C@@H](C)CC. The summed E-state index contributed by atoms with van der Waals surface area (Å²) in [5.41, 5.74) is 6.78. The Bertz CT molecular complexity index is 744. The first-order valence-electron chi connectivity index (χ1n) is 10.5. The summed E-state index contributed by atoms with van der Waals surface area (Å²) in [6.45, 7) is 7.08. The molecule has 5 N–H and O–H groups in total. The van der Waals surface area contributed by atoms with Gasteiger partial charge in [0, 0.05) is 6.42 Å². The molecule has 0 radical (unpaired) electrons. The van der Waals surface area contributed by atoms with Gasteiger partial charge in [-0.25, -0.2) is 0 Å². The fourth-order valence-corrected chi connectivity index (χ4v) is 3.23. The Morgan fingerprint density at radius 3 is 2.19 bits per heavy atom. The van der Waals surface area contributed by atoms with Crippen molar-refractivity contribution in [2.75, 3.05) is 12.3 Å². The molecule has 0 saturated carbocycles. The van der Waals surface area contributed by atoms with E-state index in [4.69, 9.17) is 5.73 Å². The number of benzene rings is 1. The minimum atomic E-state index is -0.892. The maximum atomic E-state index is 12.7. The number of nitrogens with two attached hydrogens (primary N) is 1. The van der Waals surface area contributed by atoms with E-state index in [2.05, 4.69) is 16.0 Å². The molecule has 0 heterocycles. The highest BCUT2D eigenvalue weighted by Crippen LogP contribution is 2.07. The summed E-state index contributed by atoms with van der Waals surface area (Å²) in [6, 6.07) is 6.76. The normalized spacial score (nSPS) is 14.6. The van der Waals surface area contributed by atoms with Gasteiger partial charge in [0.1, 0.15) is 12.1 Å². The van der Waals surface area contributed by atoms with Crippen LogP contribution in [-0.2, 0) is 25.6 Å². The molecule has 31 heavy (non-hydrogen) atoms. The molecule has 0 aliphatic heterocycles. The maximum Gasteiger partial charge on any atom is 0.243 e. The minimum Gasteiger partial charge on any atom is -0.346 e. The maximum absolute atomic E-state index is 12.7. The van der Waals surface area contributed by atoms with E-state index in [9.17, 15) is 19.2 Å². The summed E-state index contributed by atoms with van der Waals surface area (Å²) in [5.74, 6) is -0.782. The van der Waals surface area contributed by atoms with Gasteiger partial charge in [0.25, 0.3) is 0 Å². The number of rotatable bonds is 12. The zero-order valence-corrected chi connectivity index (χ0v) is 19.5. The lowest BCUT2D eigenvalue weighted by Crippen LogP contribution is -2.56. The Labute approximate surface area is 188 Å². The average Bonchev–Trinajstić information content (AvgIpc) is 2.76. The van der Waals surface area contributed by atoms with Crippen LogP contribution in [0.4, 0.5) is 0 Å². The number of thioether (sulfide) groups is 1. The smallest absolute Gasteiger partial charge is 0.243 e. The van der Waals surface area contributed by atoms with E-state index >= 15 is 0 Å². The quantitative estimate of drug-likeness (QED) is 0.376. The predicted molar refractivity (Wildman–Crippen MR) is 123 cm³/mol. The molecule has 0 aliphatic carbocycles. The topological polar surface area (TPSA) is 130 Å². The molecule has 0 unspecified atom stereocenters. The van der Waals surface area contributed by atoms with Crippen LogP contribution in [0.2, 0.25) is 0 Å². The molecule has 0 saturated heterocycles. The lowest BCUT2D eigenvalue weighted by atomic mass is 9.99. The summed E-state index contributed by atoms with van der Waals surface area (Å²) in [7, 11) is 0. The molecule has 0 aromatic heterocycles. The van der Waals surface area contributed by atoms with Crippen molar-refractivity contribution >= 4 is 34.6 Å². The van der Waals surface area contributed by atoms with Crippen molar-refractivity contribution in [3.05, 3.63) is 35.9 Å². The Kier molecular flexibility index (Phi) is 11.9. The fraction of sp³-hybridized carbons (Fsp3) is 0.545. The van der Waals surface area contributed by atoms with Crippen molar-refractivity contribution in [2.24, 2.45) is 11.7 Å². The van der Waals surface area contributed by atoms with E-state index in [0.717, 1.165) is 23.7 Å². The Balaban J connectivity index is 2.80. The van der Waals surface area contributed by atoms with Gasteiger partial charge in [-0.15, -0.1) is 0 Å². The largest absolute Gasteiger partial charge is 0.346 e. The van der Waals surface area contributed by atoms with Crippen LogP contribution >= 0.6 is 11.8 Å². The first kappa shape index (κ1) is 26.6. The van der Waals surface area contributed by atoms with Crippen LogP contribution in [-0.4, -0.2) is 53.3 Å². The van der Waals surface area contributed by atoms with Crippen LogP contribution in [0, 0.1) is 5.92 Å². The second-order valence-corrected chi connectivity index (χ2v) is 8.74. The Morgan fingerprint density at radius 2 is 1.61 bits per heavy atom. The molecule has 0 bridgehead atoms. The second kappa shape index (κ2) is 13.8. The summed E-state index contributed by atoms with van der Waals surface area (Å²) >= 11 is 1.12. The molecule has 1 aromatic rings. The lowest BCUT2D eigenvalue weighted by molar-refractivity contribution is -0.132. The molecular formula is C22H34N4O4S. The highest BCUT2D eigenvalue weighted by atomic mass is 32.2. The van der Waals surface area contributed by atoms with Gasteiger partial charge in [0.05, 0.1) is 12.6 Å². The number of hydrogen-bond donors (Lipinski definition) is 4. The number of carbonyl (C=O) groups is 4. The lowest BCUT2D eigenvalue weighted by Gasteiger charge is -2.23. The van der Waals surface area contributed by atoms with Gasteiger partial charge in [-0.1, -0.05) is 69.3 Å². The number of amides is 3. The molecule has 9 heteroatoms. The number of hydrogen-bond acceptors (Lipinski definition) is 6. The van der Waals surface area contributed by atoms with Crippen molar-refractivity contribution in [3.63, 3.8) is 0 Å². The van der Waals surface area contributed by atoms with Crippen molar-refractivity contribution in [2.45, 2.75) is 58.7 Å². The molecule has 1 aromatic carbocycles. The molecule has 172 valence electrons. The predicted octanol–water partition coefficient (Wildman–Crippen LogP) is 0.988. The number of carbonyl (C=O) groups excluding carboxylic acids is 4. The summed E-state index contributed by atoms with van der Waals surface area (Å²) in [6.07, 6.45) is 0.990. The molecular weight excluding hydrogens is 416 g/mol. The van der Waals surface area contributed by atoms with E-state index in [1.54, 1.807) is 0 Å². The van der Waals surface area contributed by atoms with Crippen molar-refractivity contribution in [3.8, 4) is 0 Å². The van der Waals surface area contributed by atoms with E-state index in [-0.39, 0.29) is 24.0 Å². The average molecular weight is 451 g/mol. The van der Waals surface area contributed by atoms with Gasteiger partial charge < -0.3 is 21.7 Å². The van der Waals surface area contributed by atoms with E-state index in [1.165, 1.54) is 6.92 Å². The van der Waals surface area contributed by atoms with E-state index in [1.807, 2.05) is 51.1 Å². The molecule has 8 nitrogen and oxygen atoms in total. The van der Waals surface area contributed by atoms with Crippen molar-refractivity contribution in [1.82, 2.24) is 16.0 Å². The van der Waals surface area contributed by atoms with Crippen LogP contribution in [0.1, 0.15) is 39.7 Å². The fourth-order valence-electron chi connectivity index (χ4n) is 2.74. The van der Waals surface area contributed by atoms with Gasteiger partial charge in [-0.3, -0.25) is 19.2 Å². The van der Waals surface area contributed by atoms with Crippen LogP contribution in [0.25, 0.3) is 0 Å². The van der Waals surface area contributed by atoms with Crippen LogP contribution in [0.5, 0.6) is 0 Å². The summed E-state index contributed by atoms with van der Waals surface area (Å²) < 4.78 is 0. The molecule has 3 amide bonds. The molecule has 4 atom stereocenters.